The Balaban J connectivity index is 2.16. The van der Waals surface area contributed by atoms with Crippen LogP contribution in [0.25, 0.3) is 0 Å². The first-order chi connectivity index (χ1) is 9.77. The number of nitrogens with one attached hydrogen (secondary N) is 1. The number of amides is 1. The second-order valence-corrected chi connectivity index (χ2v) is 7.57. The van der Waals surface area contributed by atoms with Gasteiger partial charge in [-0.05, 0) is 37.0 Å². The Bertz CT molecular complexity index is 646. The quantitative estimate of drug-likeness (QED) is 0.891. The van der Waals surface area contributed by atoms with Gasteiger partial charge < -0.3 is 5.32 Å². The van der Waals surface area contributed by atoms with Crippen molar-refractivity contribution in [2.45, 2.75) is 43.5 Å². The Morgan fingerprint density at radius 2 is 2.10 bits per heavy atom. The topological polar surface area (TPSA) is 89.3 Å². The number of rotatable bonds is 3. The maximum absolute atomic E-state index is 12.2. The lowest BCUT2D eigenvalue weighted by molar-refractivity contribution is 0.0921. The van der Waals surface area contributed by atoms with Crippen LogP contribution in [-0.2, 0) is 10.0 Å². The van der Waals surface area contributed by atoms with Gasteiger partial charge >= 0.3 is 0 Å². The predicted molar refractivity (Wildman–Crippen MR) is 81.7 cm³/mol. The normalized spacial score (nSPS) is 22.8. The first kappa shape index (κ1) is 16.3. The molecule has 21 heavy (non-hydrogen) atoms. The van der Waals surface area contributed by atoms with Gasteiger partial charge in [-0.15, -0.1) is 0 Å². The predicted octanol–water partition coefficient (Wildman–Crippen LogP) is 2.30. The summed E-state index contributed by atoms with van der Waals surface area (Å²) in [6, 6.07) is 4.23. The third-order valence-corrected chi connectivity index (χ3v) is 5.16. The first-order valence-electron chi connectivity index (χ1n) is 6.90. The zero-order chi connectivity index (χ0) is 15.6. The van der Waals surface area contributed by atoms with Crippen molar-refractivity contribution in [1.29, 1.82) is 0 Å². The molecule has 2 atom stereocenters. The van der Waals surface area contributed by atoms with Crippen LogP contribution < -0.4 is 10.5 Å². The van der Waals surface area contributed by atoms with E-state index in [1.807, 2.05) is 0 Å². The van der Waals surface area contributed by atoms with Crippen LogP contribution in [0.3, 0.4) is 0 Å². The lowest BCUT2D eigenvalue weighted by atomic mass is 9.87. The summed E-state index contributed by atoms with van der Waals surface area (Å²) in [6.45, 7) is 2.17. The van der Waals surface area contributed by atoms with E-state index in [2.05, 4.69) is 12.2 Å². The number of nitrogens with two attached hydrogens (primary N) is 1. The fourth-order valence-electron chi connectivity index (χ4n) is 2.70. The van der Waals surface area contributed by atoms with Gasteiger partial charge in [0.2, 0.25) is 10.0 Å². The van der Waals surface area contributed by atoms with Gasteiger partial charge in [0.1, 0.15) is 4.90 Å². The zero-order valence-corrected chi connectivity index (χ0v) is 13.4. The standard InChI is InChI=1S/C14H19ClN2O3S/c1-9-3-2-4-11(7-9)17-14(18)10-5-6-12(15)13(8-10)21(16,19)20/h5-6,8-9,11H,2-4,7H2,1H3,(H,17,18)(H2,16,19,20). The van der Waals surface area contributed by atoms with E-state index in [1.54, 1.807) is 0 Å². The van der Waals surface area contributed by atoms with Crippen LogP contribution in [0.2, 0.25) is 5.02 Å². The smallest absolute Gasteiger partial charge is 0.251 e. The monoisotopic (exact) mass is 330 g/mol. The molecule has 0 aliphatic heterocycles. The van der Waals surface area contributed by atoms with Gasteiger partial charge in [-0.1, -0.05) is 31.4 Å². The van der Waals surface area contributed by atoms with E-state index in [-0.39, 0.29) is 27.4 Å². The maximum atomic E-state index is 12.2. The number of benzene rings is 1. The summed E-state index contributed by atoms with van der Waals surface area (Å²) in [5.41, 5.74) is 0.252. The summed E-state index contributed by atoms with van der Waals surface area (Å²) >= 11 is 5.81. The molecule has 1 aromatic rings. The van der Waals surface area contributed by atoms with Crippen molar-refractivity contribution in [3.05, 3.63) is 28.8 Å². The number of halogens is 1. The average Bonchev–Trinajstić information content (AvgIpc) is 2.37. The number of carbonyl (C=O) groups excluding carboxylic acids is 1. The maximum Gasteiger partial charge on any atom is 0.251 e. The third-order valence-electron chi connectivity index (χ3n) is 3.77. The largest absolute Gasteiger partial charge is 0.349 e. The molecule has 2 unspecified atom stereocenters. The molecule has 5 nitrogen and oxygen atoms in total. The molecule has 0 saturated heterocycles. The van der Waals surface area contributed by atoms with Crippen molar-refractivity contribution in [1.82, 2.24) is 5.32 Å². The van der Waals surface area contributed by atoms with Gasteiger partial charge in [0.25, 0.3) is 5.91 Å². The third kappa shape index (κ3) is 4.18. The van der Waals surface area contributed by atoms with Crippen LogP contribution in [0.4, 0.5) is 0 Å². The van der Waals surface area contributed by atoms with Gasteiger partial charge in [-0.25, -0.2) is 13.6 Å². The minimum Gasteiger partial charge on any atom is -0.349 e. The average molecular weight is 331 g/mol. The number of hydrogen-bond acceptors (Lipinski definition) is 3. The molecular weight excluding hydrogens is 312 g/mol. The van der Waals surface area contributed by atoms with Crippen LogP contribution in [0.1, 0.15) is 43.0 Å². The molecule has 1 amide bonds. The molecular formula is C14H19ClN2O3S. The van der Waals surface area contributed by atoms with E-state index in [9.17, 15) is 13.2 Å². The summed E-state index contributed by atoms with van der Waals surface area (Å²) in [6.07, 6.45) is 4.17. The van der Waals surface area contributed by atoms with Crippen molar-refractivity contribution >= 4 is 27.5 Å². The van der Waals surface area contributed by atoms with E-state index in [4.69, 9.17) is 16.7 Å². The molecule has 0 aromatic heterocycles. The van der Waals surface area contributed by atoms with Crippen LogP contribution in [0.5, 0.6) is 0 Å². The molecule has 1 aliphatic carbocycles. The fraction of sp³-hybridized carbons (Fsp3) is 0.500. The SMILES string of the molecule is CC1CCCC(NC(=O)c2ccc(Cl)c(S(N)(=O)=O)c2)C1. The molecule has 0 heterocycles. The molecule has 7 heteroatoms. The molecule has 1 saturated carbocycles. The van der Waals surface area contributed by atoms with E-state index in [0.717, 1.165) is 19.3 Å². The highest BCUT2D eigenvalue weighted by Crippen LogP contribution is 2.25. The Morgan fingerprint density at radius 3 is 2.71 bits per heavy atom. The minimum absolute atomic E-state index is 0.0142. The molecule has 0 radical (unpaired) electrons. The first-order valence-corrected chi connectivity index (χ1v) is 8.83. The number of primary sulfonamides is 1. The summed E-state index contributed by atoms with van der Waals surface area (Å²) in [7, 11) is -3.94. The van der Waals surface area contributed by atoms with Crippen molar-refractivity contribution in [3.8, 4) is 0 Å². The lowest BCUT2D eigenvalue weighted by Crippen LogP contribution is -2.38. The Morgan fingerprint density at radius 1 is 1.38 bits per heavy atom. The molecule has 3 N–H and O–H groups in total. The van der Waals surface area contributed by atoms with E-state index in [0.29, 0.717) is 5.92 Å². The molecule has 1 aliphatic rings. The molecule has 1 aromatic carbocycles. The van der Waals surface area contributed by atoms with Crippen LogP contribution in [-0.4, -0.2) is 20.4 Å². The van der Waals surface area contributed by atoms with E-state index >= 15 is 0 Å². The van der Waals surface area contributed by atoms with E-state index in [1.165, 1.54) is 24.6 Å². The Labute approximate surface area is 129 Å². The van der Waals surface area contributed by atoms with Gasteiger partial charge in [-0.3, -0.25) is 4.79 Å². The van der Waals surface area contributed by atoms with Crippen LogP contribution in [0, 0.1) is 5.92 Å². The summed E-state index contributed by atoms with van der Waals surface area (Å²) in [4.78, 5) is 12.0. The number of sulfonamides is 1. The summed E-state index contributed by atoms with van der Waals surface area (Å²) in [5, 5.41) is 8.05. The Kier molecular flexibility index (Phi) is 4.91. The fourth-order valence-corrected chi connectivity index (χ4v) is 3.77. The van der Waals surface area contributed by atoms with Crippen LogP contribution >= 0.6 is 11.6 Å². The second kappa shape index (κ2) is 6.34. The minimum atomic E-state index is -3.94. The molecule has 0 bridgehead atoms. The highest BCUT2D eigenvalue weighted by molar-refractivity contribution is 7.89. The van der Waals surface area contributed by atoms with Gasteiger partial charge in [0, 0.05) is 11.6 Å². The summed E-state index contributed by atoms with van der Waals surface area (Å²) in [5.74, 6) is 0.296. The highest BCUT2D eigenvalue weighted by atomic mass is 35.5. The second-order valence-electron chi connectivity index (χ2n) is 5.63. The number of hydrogen-bond donors (Lipinski definition) is 2. The van der Waals surface area contributed by atoms with Crippen molar-refractivity contribution in [2.75, 3.05) is 0 Å². The van der Waals surface area contributed by atoms with Crippen molar-refractivity contribution < 1.29 is 13.2 Å². The van der Waals surface area contributed by atoms with Crippen LogP contribution in [0.15, 0.2) is 23.1 Å². The van der Waals surface area contributed by atoms with E-state index < -0.39 is 10.0 Å². The molecule has 116 valence electrons. The van der Waals surface area contributed by atoms with Crippen molar-refractivity contribution in [3.63, 3.8) is 0 Å². The zero-order valence-electron chi connectivity index (χ0n) is 11.8. The molecule has 2 rings (SSSR count). The molecule has 0 spiro atoms. The van der Waals surface area contributed by atoms with Crippen molar-refractivity contribution in [2.24, 2.45) is 11.1 Å². The molecule has 1 fully saturated rings. The van der Waals surface area contributed by atoms with Gasteiger partial charge in [0.15, 0.2) is 0 Å². The van der Waals surface area contributed by atoms with Gasteiger partial charge in [-0.2, -0.15) is 0 Å². The number of carbonyl (C=O) groups is 1. The summed E-state index contributed by atoms with van der Waals surface area (Å²) < 4.78 is 22.8. The highest BCUT2D eigenvalue weighted by Gasteiger charge is 2.22. The Hall–Kier alpha value is -1.11. The van der Waals surface area contributed by atoms with Gasteiger partial charge in [0.05, 0.1) is 5.02 Å². The lowest BCUT2D eigenvalue weighted by Gasteiger charge is -2.27.